The molecule has 0 radical (unpaired) electrons. The summed E-state index contributed by atoms with van der Waals surface area (Å²) in [6.45, 7) is 4.51. The Kier molecular flexibility index (Phi) is 49.0. The molecule has 370 valence electrons. The molecule has 0 saturated carbocycles. The first-order valence-electron chi connectivity index (χ1n) is 25.0. The van der Waals surface area contributed by atoms with Crippen molar-refractivity contribution in [3.8, 4) is 0 Å². The van der Waals surface area contributed by atoms with Crippen LogP contribution in [0.15, 0.2) is 158 Å². The van der Waals surface area contributed by atoms with Crippen LogP contribution in [0.25, 0.3) is 0 Å². The summed E-state index contributed by atoms with van der Waals surface area (Å²) in [6.07, 6.45) is 77.0. The van der Waals surface area contributed by atoms with Gasteiger partial charge in [-0.25, -0.2) is 4.57 Å². The van der Waals surface area contributed by atoms with E-state index in [1.54, 1.807) is 0 Å². The SMILES string of the molecule is CC/C=C\C/C=C\C/C=C\C/C=C\C/C=C\C/C=C\C/C=C\CCCCCC(=O)OC(COCCCCC/C=C\C/C=C\C/C=C\C/C=C\C/C=C\C/C=C\CC)COP(=O)(O)OCCN. The third-order valence-electron chi connectivity index (χ3n) is 9.44. The van der Waals surface area contributed by atoms with E-state index >= 15 is 0 Å². The number of allylic oxidation sites excluding steroid dienone is 26. The molecule has 0 aliphatic carbocycles. The fourth-order valence-electron chi connectivity index (χ4n) is 5.86. The number of phosphoric acid groups is 1. The van der Waals surface area contributed by atoms with E-state index in [4.69, 9.17) is 24.3 Å². The highest BCUT2D eigenvalue weighted by molar-refractivity contribution is 7.47. The van der Waals surface area contributed by atoms with E-state index in [-0.39, 0.29) is 38.8 Å². The van der Waals surface area contributed by atoms with Crippen LogP contribution in [0, 0.1) is 0 Å². The molecule has 0 spiro atoms. The molecule has 0 aromatic carbocycles. The van der Waals surface area contributed by atoms with Crippen molar-refractivity contribution in [2.75, 3.05) is 33.0 Å². The Morgan fingerprint density at radius 2 is 0.803 bits per heavy atom. The number of carbonyl (C=O) groups is 1. The molecule has 0 amide bonds. The van der Waals surface area contributed by atoms with Gasteiger partial charge in [-0.2, -0.15) is 0 Å². The molecule has 0 rings (SSSR count). The summed E-state index contributed by atoms with van der Waals surface area (Å²) in [7, 11) is -4.32. The predicted octanol–water partition coefficient (Wildman–Crippen LogP) is 15.9. The second kappa shape index (κ2) is 52.1. The van der Waals surface area contributed by atoms with E-state index < -0.39 is 13.9 Å². The molecule has 0 aliphatic rings. The molecule has 2 unspecified atom stereocenters. The summed E-state index contributed by atoms with van der Waals surface area (Å²) in [6, 6.07) is 0. The highest BCUT2D eigenvalue weighted by Gasteiger charge is 2.25. The quantitative estimate of drug-likeness (QED) is 0.0268. The molecule has 3 N–H and O–H groups in total. The standard InChI is InChI=1S/C57H90NO7P/c1-3-5-7-9-11-13-15-17-19-21-23-25-27-28-29-30-32-34-36-38-40-42-44-46-48-50-57(59)65-56(55-64-66(60,61)63-53-51-58)54-62-52-49-47-45-43-41-39-37-35-33-31-26-24-22-20-18-16-14-12-10-8-6-4-2/h5-8,11-14,17-20,23-26,28-29,32-35,38-41,56H,3-4,9-10,15-16,21-22,27,30-31,36-37,42-55,58H2,1-2H3,(H,60,61)/b7-5-,8-6-,13-11-,14-12-,19-17-,20-18-,25-23-,26-24-,29-28-,34-32-,35-33-,40-38-,41-39-. The van der Waals surface area contributed by atoms with Crippen molar-refractivity contribution in [3.05, 3.63) is 158 Å². The van der Waals surface area contributed by atoms with Gasteiger partial charge in [-0.1, -0.05) is 185 Å². The molecule has 0 aromatic heterocycles. The lowest BCUT2D eigenvalue weighted by molar-refractivity contribution is -0.154. The highest BCUT2D eigenvalue weighted by Crippen LogP contribution is 2.43. The Morgan fingerprint density at radius 1 is 0.455 bits per heavy atom. The van der Waals surface area contributed by atoms with Crippen LogP contribution in [-0.2, 0) is 27.9 Å². The van der Waals surface area contributed by atoms with E-state index in [0.717, 1.165) is 128 Å². The number of phosphoric ester groups is 1. The lowest BCUT2D eigenvalue weighted by Gasteiger charge is -2.20. The second-order valence-electron chi connectivity index (χ2n) is 15.6. The molecule has 8 nitrogen and oxygen atoms in total. The Morgan fingerprint density at radius 3 is 1.17 bits per heavy atom. The number of esters is 1. The first-order chi connectivity index (χ1) is 32.4. The van der Waals surface area contributed by atoms with Crippen LogP contribution < -0.4 is 5.73 Å². The maximum Gasteiger partial charge on any atom is 0.472 e. The van der Waals surface area contributed by atoms with Crippen LogP contribution >= 0.6 is 7.82 Å². The number of carbonyl (C=O) groups excluding carboxylic acids is 1. The fraction of sp³-hybridized carbons (Fsp3) is 0.526. The van der Waals surface area contributed by atoms with Gasteiger partial charge in [0.25, 0.3) is 0 Å². The van der Waals surface area contributed by atoms with Crippen LogP contribution in [0.4, 0.5) is 0 Å². The van der Waals surface area contributed by atoms with Gasteiger partial charge in [0.05, 0.1) is 19.8 Å². The van der Waals surface area contributed by atoms with Crippen molar-refractivity contribution in [3.63, 3.8) is 0 Å². The smallest absolute Gasteiger partial charge is 0.457 e. The second-order valence-corrected chi connectivity index (χ2v) is 17.0. The zero-order chi connectivity index (χ0) is 48.0. The van der Waals surface area contributed by atoms with Crippen LogP contribution in [0.2, 0.25) is 0 Å². The van der Waals surface area contributed by atoms with Crippen molar-refractivity contribution >= 4 is 13.8 Å². The topological polar surface area (TPSA) is 117 Å². The van der Waals surface area contributed by atoms with Crippen LogP contribution in [0.3, 0.4) is 0 Å². The van der Waals surface area contributed by atoms with Gasteiger partial charge in [-0.15, -0.1) is 0 Å². The summed E-state index contributed by atoms with van der Waals surface area (Å²) in [5.41, 5.74) is 5.38. The maximum atomic E-state index is 12.7. The number of hydrogen-bond acceptors (Lipinski definition) is 7. The van der Waals surface area contributed by atoms with Crippen molar-refractivity contribution in [2.24, 2.45) is 5.73 Å². The Hall–Kier alpha value is -3.88. The van der Waals surface area contributed by atoms with Crippen molar-refractivity contribution in [1.82, 2.24) is 0 Å². The van der Waals surface area contributed by atoms with Gasteiger partial charge in [0.15, 0.2) is 0 Å². The van der Waals surface area contributed by atoms with Gasteiger partial charge < -0.3 is 20.1 Å². The van der Waals surface area contributed by atoms with Crippen LogP contribution in [-0.4, -0.2) is 49.9 Å². The molecule has 2 atom stereocenters. The summed E-state index contributed by atoms with van der Waals surface area (Å²) in [5, 5.41) is 0. The molecule has 0 bridgehead atoms. The van der Waals surface area contributed by atoms with Gasteiger partial charge in [0, 0.05) is 19.6 Å². The van der Waals surface area contributed by atoms with Crippen molar-refractivity contribution in [2.45, 2.75) is 161 Å². The Labute approximate surface area is 403 Å². The molecule has 0 saturated heterocycles. The molecule has 0 aromatic rings. The number of rotatable bonds is 45. The van der Waals surface area contributed by atoms with Gasteiger partial charge >= 0.3 is 13.8 Å². The number of unbranched alkanes of at least 4 members (excludes halogenated alkanes) is 6. The normalized spacial score (nSPS) is 14.7. The minimum absolute atomic E-state index is 0.0668. The predicted molar refractivity (Wildman–Crippen MR) is 283 cm³/mol. The van der Waals surface area contributed by atoms with Gasteiger partial charge in [-0.3, -0.25) is 13.8 Å². The number of hydrogen-bond donors (Lipinski definition) is 2. The first kappa shape index (κ1) is 62.1. The summed E-state index contributed by atoms with van der Waals surface area (Å²) in [4.78, 5) is 22.6. The minimum atomic E-state index is -4.32. The molecular formula is C57H90NO7P. The average Bonchev–Trinajstić information content (AvgIpc) is 3.31. The highest BCUT2D eigenvalue weighted by atomic mass is 31.2. The van der Waals surface area contributed by atoms with Gasteiger partial charge in [0.2, 0.25) is 0 Å². The lowest BCUT2D eigenvalue weighted by Crippen LogP contribution is -2.28. The first-order valence-corrected chi connectivity index (χ1v) is 26.5. The summed E-state index contributed by atoms with van der Waals surface area (Å²) >= 11 is 0. The van der Waals surface area contributed by atoms with E-state index in [0.29, 0.717) is 13.0 Å². The van der Waals surface area contributed by atoms with Crippen molar-refractivity contribution < 1.29 is 32.8 Å². The lowest BCUT2D eigenvalue weighted by atomic mass is 10.1. The average molecular weight is 932 g/mol. The van der Waals surface area contributed by atoms with Gasteiger partial charge in [0.1, 0.15) is 6.10 Å². The monoisotopic (exact) mass is 932 g/mol. The van der Waals surface area contributed by atoms with E-state index in [1.165, 1.54) is 0 Å². The molecule has 0 heterocycles. The molecule has 0 fully saturated rings. The zero-order valence-corrected chi connectivity index (χ0v) is 42.0. The summed E-state index contributed by atoms with van der Waals surface area (Å²) in [5.74, 6) is -0.382. The van der Waals surface area contributed by atoms with Crippen LogP contribution in [0.1, 0.15) is 155 Å². The minimum Gasteiger partial charge on any atom is -0.457 e. The van der Waals surface area contributed by atoms with Gasteiger partial charge in [-0.05, 0) is 122 Å². The number of ether oxygens (including phenoxy) is 2. The van der Waals surface area contributed by atoms with Crippen LogP contribution in [0.5, 0.6) is 0 Å². The molecule has 66 heavy (non-hydrogen) atoms. The third-order valence-corrected chi connectivity index (χ3v) is 10.4. The third kappa shape index (κ3) is 51.1. The van der Waals surface area contributed by atoms with E-state index in [2.05, 4.69) is 172 Å². The molecular weight excluding hydrogens is 842 g/mol. The van der Waals surface area contributed by atoms with Crippen molar-refractivity contribution in [1.29, 1.82) is 0 Å². The zero-order valence-electron chi connectivity index (χ0n) is 41.1. The molecule has 9 heteroatoms. The van der Waals surface area contributed by atoms with E-state index in [9.17, 15) is 14.3 Å². The number of nitrogens with two attached hydrogens (primary N) is 1. The molecule has 0 aliphatic heterocycles. The largest absolute Gasteiger partial charge is 0.472 e. The maximum absolute atomic E-state index is 12.7. The Bertz CT molecular complexity index is 1560. The summed E-state index contributed by atoms with van der Waals surface area (Å²) < 4.78 is 33.5. The fourth-order valence-corrected chi connectivity index (χ4v) is 6.63. The Balaban J connectivity index is 4.18. The van der Waals surface area contributed by atoms with E-state index in [1.807, 2.05) is 0 Å².